The first-order valence-corrected chi connectivity index (χ1v) is 9.81. The van der Waals surface area contributed by atoms with Gasteiger partial charge in [-0.05, 0) is 30.9 Å². The average molecular weight is 366 g/mol. The quantitative estimate of drug-likeness (QED) is 0.559. The highest BCUT2D eigenvalue weighted by molar-refractivity contribution is 8.01. The molecule has 2 rings (SSSR count). The van der Waals surface area contributed by atoms with Crippen molar-refractivity contribution in [1.82, 2.24) is 10.2 Å². The minimum absolute atomic E-state index is 0.225. The summed E-state index contributed by atoms with van der Waals surface area (Å²) in [5, 5.41) is 11.4. The molecule has 0 fully saturated rings. The standard InChI is InChI=1S/C17H23N3O2S2/c1-5-13-8-6-7-9-14(13)22-12(4)15(21)18-16-19-20-17(24-16)23-10-11(2)3/h6-9,11-12H,5,10H2,1-4H3,(H,18,19,21)/t12-/m0/s1. The largest absolute Gasteiger partial charge is 0.481 e. The summed E-state index contributed by atoms with van der Waals surface area (Å²) in [7, 11) is 0. The summed E-state index contributed by atoms with van der Waals surface area (Å²) >= 11 is 3.04. The van der Waals surface area contributed by atoms with Crippen molar-refractivity contribution in [2.24, 2.45) is 5.92 Å². The normalized spacial score (nSPS) is 12.2. The van der Waals surface area contributed by atoms with E-state index in [9.17, 15) is 4.79 Å². The van der Waals surface area contributed by atoms with Crippen LogP contribution in [0, 0.1) is 5.92 Å². The number of aryl methyl sites for hydroxylation is 1. The summed E-state index contributed by atoms with van der Waals surface area (Å²) in [6.07, 6.45) is 0.255. The number of aromatic nitrogens is 2. The molecule has 0 bridgehead atoms. The Bertz CT molecular complexity index is 673. The highest BCUT2D eigenvalue weighted by atomic mass is 32.2. The SMILES string of the molecule is CCc1ccccc1O[C@@H](C)C(=O)Nc1nnc(SCC(C)C)s1. The fourth-order valence-corrected chi connectivity index (χ4v) is 3.65. The molecule has 130 valence electrons. The van der Waals surface area contributed by atoms with Crippen LogP contribution in [0.3, 0.4) is 0 Å². The van der Waals surface area contributed by atoms with Crippen LogP contribution in [0.1, 0.15) is 33.3 Å². The Morgan fingerprint density at radius 3 is 2.75 bits per heavy atom. The maximum Gasteiger partial charge on any atom is 0.266 e. The van der Waals surface area contributed by atoms with Gasteiger partial charge in [0.15, 0.2) is 10.4 Å². The van der Waals surface area contributed by atoms with Crippen LogP contribution >= 0.6 is 23.1 Å². The summed E-state index contributed by atoms with van der Waals surface area (Å²) in [5.41, 5.74) is 1.08. The van der Waals surface area contributed by atoms with Gasteiger partial charge in [-0.1, -0.05) is 62.1 Å². The average Bonchev–Trinajstić information content (AvgIpc) is 3.00. The Labute approximate surface area is 151 Å². The van der Waals surface area contributed by atoms with E-state index in [1.54, 1.807) is 18.7 Å². The van der Waals surface area contributed by atoms with E-state index in [1.165, 1.54) is 11.3 Å². The molecule has 1 N–H and O–H groups in total. The Hall–Kier alpha value is -1.60. The summed E-state index contributed by atoms with van der Waals surface area (Å²) in [6, 6.07) is 7.76. The van der Waals surface area contributed by atoms with Gasteiger partial charge in [0.25, 0.3) is 5.91 Å². The number of benzene rings is 1. The Morgan fingerprint density at radius 1 is 1.29 bits per heavy atom. The first kappa shape index (κ1) is 18.7. The van der Waals surface area contributed by atoms with Gasteiger partial charge in [-0.25, -0.2) is 0 Å². The van der Waals surface area contributed by atoms with Crippen LogP contribution < -0.4 is 10.1 Å². The number of rotatable bonds is 8. The molecule has 0 aliphatic heterocycles. The number of carbonyl (C=O) groups excluding carboxylic acids is 1. The first-order chi connectivity index (χ1) is 11.5. The van der Waals surface area contributed by atoms with Gasteiger partial charge in [0.1, 0.15) is 5.75 Å². The van der Waals surface area contributed by atoms with E-state index in [4.69, 9.17) is 4.74 Å². The number of nitrogens with one attached hydrogen (secondary N) is 1. The van der Waals surface area contributed by atoms with Crippen LogP contribution in [0.5, 0.6) is 5.75 Å². The summed E-state index contributed by atoms with van der Waals surface area (Å²) in [4.78, 5) is 12.3. The Kier molecular flexibility index (Phi) is 7.05. The third-order valence-electron chi connectivity index (χ3n) is 3.20. The number of para-hydroxylation sites is 1. The third-order valence-corrected chi connectivity index (χ3v) is 5.60. The molecule has 1 atom stereocenters. The molecule has 7 heteroatoms. The van der Waals surface area contributed by atoms with Crippen LogP contribution in [0.25, 0.3) is 0 Å². The fourth-order valence-electron chi connectivity index (χ4n) is 1.92. The molecule has 5 nitrogen and oxygen atoms in total. The zero-order chi connectivity index (χ0) is 17.5. The van der Waals surface area contributed by atoms with Crippen molar-refractivity contribution in [3.05, 3.63) is 29.8 Å². The monoisotopic (exact) mass is 365 g/mol. The lowest BCUT2D eigenvalue weighted by molar-refractivity contribution is -0.122. The minimum Gasteiger partial charge on any atom is -0.481 e. The van der Waals surface area contributed by atoms with Crippen molar-refractivity contribution < 1.29 is 9.53 Å². The van der Waals surface area contributed by atoms with Crippen LogP contribution in [0.15, 0.2) is 28.6 Å². The molecular formula is C17H23N3O2S2. The smallest absolute Gasteiger partial charge is 0.266 e. The predicted octanol–water partition coefficient (Wildman–Crippen LogP) is 4.25. The maximum atomic E-state index is 12.3. The lowest BCUT2D eigenvalue weighted by Gasteiger charge is -2.15. The Balaban J connectivity index is 1.92. The second-order valence-electron chi connectivity index (χ2n) is 5.79. The molecular weight excluding hydrogens is 342 g/mol. The van der Waals surface area contributed by atoms with Gasteiger partial charge < -0.3 is 4.74 Å². The number of hydrogen-bond donors (Lipinski definition) is 1. The number of anilines is 1. The predicted molar refractivity (Wildman–Crippen MR) is 100 cm³/mol. The second kappa shape index (κ2) is 9.03. The number of thioether (sulfide) groups is 1. The van der Waals surface area contributed by atoms with Crippen molar-refractivity contribution in [2.45, 2.75) is 44.6 Å². The van der Waals surface area contributed by atoms with Crippen molar-refractivity contribution >= 4 is 34.1 Å². The summed E-state index contributed by atoms with van der Waals surface area (Å²) in [6.45, 7) is 8.11. The van der Waals surface area contributed by atoms with Crippen LogP contribution in [0.2, 0.25) is 0 Å². The number of amides is 1. The molecule has 0 saturated heterocycles. The van der Waals surface area contributed by atoms with E-state index in [1.807, 2.05) is 24.3 Å². The number of carbonyl (C=O) groups is 1. The maximum absolute atomic E-state index is 12.3. The molecule has 2 aromatic rings. The zero-order valence-electron chi connectivity index (χ0n) is 14.4. The fraction of sp³-hybridized carbons (Fsp3) is 0.471. The molecule has 0 aliphatic rings. The molecule has 1 aromatic carbocycles. The van der Waals surface area contributed by atoms with Crippen molar-refractivity contribution in [3.63, 3.8) is 0 Å². The van der Waals surface area contributed by atoms with Crippen molar-refractivity contribution in [3.8, 4) is 5.75 Å². The molecule has 0 aliphatic carbocycles. The number of nitrogens with zero attached hydrogens (tertiary/aromatic N) is 2. The lowest BCUT2D eigenvalue weighted by Crippen LogP contribution is -2.30. The van der Waals surface area contributed by atoms with Crippen LogP contribution in [-0.2, 0) is 11.2 Å². The van der Waals surface area contributed by atoms with Gasteiger partial charge in [-0.15, -0.1) is 10.2 Å². The summed E-state index contributed by atoms with van der Waals surface area (Å²) in [5.74, 6) is 2.09. The molecule has 1 heterocycles. The van der Waals surface area contributed by atoms with E-state index in [2.05, 4.69) is 36.3 Å². The number of ether oxygens (including phenoxy) is 1. The number of hydrogen-bond acceptors (Lipinski definition) is 6. The van der Waals surface area contributed by atoms with E-state index in [0.717, 1.165) is 27.8 Å². The topological polar surface area (TPSA) is 64.1 Å². The molecule has 1 aromatic heterocycles. The highest BCUT2D eigenvalue weighted by Crippen LogP contribution is 2.27. The van der Waals surface area contributed by atoms with E-state index in [-0.39, 0.29) is 5.91 Å². The van der Waals surface area contributed by atoms with Gasteiger partial charge in [-0.2, -0.15) is 0 Å². The molecule has 0 spiro atoms. The van der Waals surface area contributed by atoms with Gasteiger partial charge in [0, 0.05) is 5.75 Å². The highest BCUT2D eigenvalue weighted by Gasteiger charge is 2.18. The molecule has 24 heavy (non-hydrogen) atoms. The van der Waals surface area contributed by atoms with Gasteiger partial charge >= 0.3 is 0 Å². The van der Waals surface area contributed by atoms with E-state index in [0.29, 0.717) is 11.0 Å². The lowest BCUT2D eigenvalue weighted by atomic mass is 10.1. The molecule has 0 saturated carbocycles. The first-order valence-electron chi connectivity index (χ1n) is 8.01. The van der Waals surface area contributed by atoms with E-state index >= 15 is 0 Å². The van der Waals surface area contributed by atoms with Crippen molar-refractivity contribution in [2.75, 3.05) is 11.1 Å². The molecule has 0 unspecified atom stereocenters. The zero-order valence-corrected chi connectivity index (χ0v) is 16.0. The van der Waals surface area contributed by atoms with Gasteiger partial charge in [0.05, 0.1) is 0 Å². The van der Waals surface area contributed by atoms with Crippen LogP contribution in [-0.4, -0.2) is 28.0 Å². The Morgan fingerprint density at radius 2 is 2.04 bits per heavy atom. The third kappa shape index (κ3) is 5.49. The second-order valence-corrected chi connectivity index (χ2v) is 8.03. The van der Waals surface area contributed by atoms with Gasteiger partial charge in [0.2, 0.25) is 5.13 Å². The van der Waals surface area contributed by atoms with E-state index < -0.39 is 6.10 Å². The minimum atomic E-state index is -0.603. The summed E-state index contributed by atoms with van der Waals surface area (Å²) < 4.78 is 6.66. The van der Waals surface area contributed by atoms with Crippen LogP contribution in [0.4, 0.5) is 5.13 Å². The van der Waals surface area contributed by atoms with Crippen molar-refractivity contribution in [1.29, 1.82) is 0 Å². The molecule has 0 radical (unpaired) electrons. The molecule has 1 amide bonds. The van der Waals surface area contributed by atoms with Gasteiger partial charge in [-0.3, -0.25) is 10.1 Å².